The molecular formula is C13H20ClF2N. The van der Waals surface area contributed by atoms with Crippen LogP contribution in [0.5, 0.6) is 0 Å². The maximum atomic E-state index is 13.7. The first-order valence-electron chi connectivity index (χ1n) is 5.47. The first kappa shape index (κ1) is 16.3. The average molecular weight is 264 g/mol. The molecule has 98 valence electrons. The Morgan fingerprint density at radius 1 is 1.18 bits per heavy atom. The normalized spacial score (nSPS) is 13.0. The fourth-order valence-corrected chi connectivity index (χ4v) is 1.36. The van der Waals surface area contributed by atoms with Gasteiger partial charge < -0.3 is 5.73 Å². The van der Waals surface area contributed by atoms with Crippen molar-refractivity contribution in [1.29, 1.82) is 0 Å². The van der Waals surface area contributed by atoms with Gasteiger partial charge in [0.05, 0.1) is 0 Å². The minimum absolute atomic E-state index is 0.0484. The Morgan fingerprint density at radius 2 is 1.71 bits per heavy atom. The van der Waals surface area contributed by atoms with Crippen molar-refractivity contribution in [2.24, 2.45) is 11.7 Å². The highest BCUT2D eigenvalue weighted by atomic mass is 35.5. The first-order valence-corrected chi connectivity index (χ1v) is 6.23. The van der Waals surface area contributed by atoms with Gasteiger partial charge in [-0.25, -0.2) is 8.78 Å². The summed E-state index contributed by atoms with van der Waals surface area (Å²) in [5.74, 6) is -3.49. The number of benzene rings is 1. The molecule has 1 aromatic carbocycles. The van der Waals surface area contributed by atoms with Crippen molar-refractivity contribution in [3.05, 3.63) is 35.4 Å². The predicted molar refractivity (Wildman–Crippen MR) is 69.6 cm³/mol. The van der Waals surface area contributed by atoms with Crippen molar-refractivity contribution in [2.45, 2.75) is 32.7 Å². The second kappa shape index (κ2) is 6.92. The van der Waals surface area contributed by atoms with Gasteiger partial charge in [-0.05, 0) is 18.6 Å². The second-order valence-corrected chi connectivity index (χ2v) is 4.19. The van der Waals surface area contributed by atoms with Crippen molar-refractivity contribution >= 4 is 11.6 Å². The fraction of sp³-hybridized carbons (Fsp3) is 0.538. The van der Waals surface area contributed by atoms with Crippen LogP contribution >= 0.6 is 11.6 Å². The Bertz CT molecular complexity index is 338. The minimum Gasteiger partial charge on any atom is -0.324 e. The fourth-order valence-electron chi connectivity index (χ4n) is 1.36. The molecule has 17 heavy (non-hydrogen) atoms. The number of hydrogen-bond acceptors (Lipinski definition) is 1. The predicted octanol–water partition coefficient (Wildman–Crippen LogP) is 4.31. The molecule has 0 saturated heterocycles. The van der Waals surface area contributed by atoms with Gasteiger partial charge in [-0.15, -0.1) is 11.6 Å². The molecule has 0 amide bonds. The van der Waals surface area contributed by atoms with E-state index in [1.807, 2.05) is 0 Å². The molecule has 0 unspecified atom stereocenters. The molecule has 0 spiro atoms. The summed E-state index contributed by atoms with van der Waals surface area (Å²) >= 11 is 4.64. The summed E-state index contributed by atoms with van der Waals surface area (Å²) in [6, 6.07) is 6.12. The lowest BCUT2D eigenvalue weighted by Crippen LogP contribution is -2.21. The highest BCUT2D eigenvalue weighted by molar-refractivity contribution is 6.15. The van der Waals surface area contributed by atoms with E-state index in [2.05, 4.69) is 11.6 Å². The van der Waals surface area contributed by atoms with Crippen LogP contribution in [0, 0.1) is 5.92 Å². The lowest BCUT2D eigenvalue weighted by Gasteiger charge is -2.21. The molecule has 0 aliphatic carbocycles. The lowest BCUT2D eigenvalue weighted by atomic mass is 9.95. The molecule has 1 nitrogen and oxygen atoms in total. The average Bonchev–Trinajstić information content (AvgIpc) is 2.31. The summed E-state index contributed by atoms with van der Waals surface area (Å²) < 4.78 is 27.4. The van der Waals surface area contributed by atoms with Crippen molar-refractivity contribution in [3.8, 4) is 0 Å². The summed E-state index contributed by atoms with van der Waals surface area (Å²) in [5, 5.41) is 0. The Morgan fingerprint density at radius 3 is 2.12 bits per heavy atom. The topological polar surface area (TPSA) is 26.0 Å². The molecule has 0 saturated carbocycles. The highest BCUT2D eigenvalue weighted by Gasteiger charge is 2.35. The van der Waals surface area contributed by atoms with E-state index < -0.39 is 11.8 Å². The Balaban J connectivity index is 0.00000121. The van der Waals surface area contributed by atoms with Gasteiger partial charge in [0.2, 0.25) is 0 Å². The van der Waals surface area contributed by atoms with Gasteiger partial charge in [0.25, 0.3) is 5.92 Å². The van der Waals surface area contributed by atoms with Crippen LogP contribution in [-0.2, 0) is 5.92 Å². The van der Waals surface area contributed by atoms with Crippen LogP contribution < -0.4 is 5.73 Å². The molecule has 0 aromatic heterocycles. The summed E-state index contributed by atoms with van der Waals surface area (Å²) in [4.78, 5) is 0. The quantitative estimate of drug-likeness (QED) is 0.808. The molecule has 0 aliphatic heterocycles. The SMILES string of the molecule is CC(C)C(F)(F)c1cccc([C@@H](C)N)c1.CCl. The molecular weight excluding hydrogens is 244 g/mol. The van der Waals surface area contributed by atoms with Gasteiger partial charge in [0, 0.05) is 23.9 Å². The smallest absolute Gasteiger partial charge is 0.275 e. The molecule has 2 N–H and O–H groups in total. The van der Waals surface area contributed by atoms with E-state index >= 15 is 0 Å². The van der Waals surface area contributed by atoms with E-state index in [0.29, 0.717) is 0 Å². The monoisotopic (exact) mass is 263 g/mol. The third kappa shape index (κ3) is 4.25. The molecule has 1 aromatic rings. The van der Waals surface area contributed by atoms with Crippen LogP contribution in [0.15, 0.2) is 24.3 Å². The van der Waals surface area contributed by atoms with Gasteiger partial charge in [0.15, 0.2) is 0 Å². The van der Waals surface area contributed by atoms with Crippen molar-refractivity contribution in [1.82, 2.24) is 0 Å². The standard InChI is InChI=1S/C12H17F2N.CH3Cl/c1-8(2)12(13,14)11-6-4-5-10(7-11)9(3)15;1-2/h4-9H,15H2,1-3H3;1H3/t9-;/m1./s1. The van der Waals surface area contributed by atoms with Crippen LogP contribution in [0.2, 0.25) is 0 Å². The van der Waals surface area contributed by atoms with Gasteiger partial charge >= 0.3 is 0 Å². The van der Waals surface area contributed by atoms with Gasteiger partial charge in [-0.3, -0.25) is 0 Å². The van der Waals surface area contributed by atoms with E-state index in [1.54, 1.807) is 19.1 Å². The summed E-state index contributed by atoms with van der Waals surface area (Å²) in [6.07, 6.45) is 1.47. The van der Waals surface area contributed by atoms with E-state index in [4.69, 9.17) is 5.73 Å². The zero-order valence-electron chi connectivity index (χ0n) is 10.7. The Labute approximate surface area is 107 Å². The van der Waals surface area contributed by atoms with E-state index in [0.717, 1.165) is 5.56 Å². The second-order valence-electron chi connectivity index (χ2n) is 4.19. The lowest BCUT2D eigenvalue weighted by molar-refractivity contribution is -0.0514. The van der Waals surface area contributed by atoms with E-state index in [9.17, 15) is 8.78 Å². The van der Waals surface area contributed by atoms with Crippen LogP contribution in [0.25, 0.3) is 0 Å². The zero-order valence-corrected chi connectivity index (χ0v) is 11.4. The number of alkyl halides is 3. The summed E-state index contributed by atoms with van der Waals surface area (Å²) in [7, 11) is 0. The summed E-state index contributed by atoms with van der Waals surface area (Å²) in [5.41, 5.74) is 6.45. The van der Waals surface area contributed by atoms with E-state index in [-0.39, 0.29) is 11.6 Å². The largest absolute Gasteiger partial charge is 0.324 e. The maximum Gasteiger partial charge on any atom is 0.275 e. The molecule has 1 atom stereocenters. The highest BCUT2D eigenvalue weighted by Crippen LogP contribution is 2.36. The number of nitrogens with two attached hydrogens (primary N) is 1. The van der Waals surface area contributed by atoms with Crippen LogP contribution in [-0.4, -0.2) is 6.38 Å². The van der Waals surface area contributed by atoms with Crippen molar-refractivity contribution in [2.75, 3.05) is 6.38 Å². The third-order valence-electron chi connectivity index (χ3n) is 2.52. The molecule has 0 bridgehead atoms. The third-order valence-corrected chi connectivity index (χ3v) is 2.52. The van der Waals surface area contributed by atoms with Gasteiger partial charge in [0.1, 0.15) is 0 Å². The molecule has 0 radical (unpaired) electrons. The Hall–Kier alpha value is -0.670. The molecule has 0 aliphatic rings. The summed E-state index contributed by atoms with van der Waals surface area (Å²) in [6.45, 7) is 4.81. The molecule has 1 rings (SSSR count). The van der Waals surface area contributed by atoms with Crippen LogP contribution in [0.3, 0.4) is 0 Å². The zero-order chi connectivity index (χ0) is 13.6. The molecule has 0 fully saturated rings. The number of rotatable bonds is 3. The number of halogens is 3. The minimum atomic E-state index is -2.79. The molecule has 0 heterocycles. The Kier molecular flexibility index (Phi) is 6.65. The maximum absolute atomic E-state index is 13.7. The molecule has 4 heteroatoms. The number of hydrogen-bond donors (Lipinski definition) is 1. The first-order chi connectivity index (χ1) is 7.85. The van der Waals surface area contributed by atoms with Gasteiger partial charge in [-0.2, -0.15) is 0 Å². The van der Waals surface area contributed by atoms with Crippen LogP contribution in [0.1, 0.15) is 37.9 Å². The van der Waals surface area contributed by atoms with E-state index in [1.165, 1.54) is 32.4 Å². The van der Waals surface area contributed by atoms with Crippen LogP contribution in [0.4, 0.5) is 8.78 Å². The van der Waals surface area contributed by atoms with Crippen molar-refractivity contribution < 1.29 is 8.78 Å². The van der Waals surface area contributed by atoms with Crippen molar-refractivity contribution in [3.63, 3.8) is 0 Å². The van der Waals surface area contributed by atoms with Gasteiger partial charge in [-0.1, -0.05) is 32.0 Å².